The van der Waals surface area contributed by atoms with Crippen molar-refractivity contribution < 1.29 is 19.4 Å². The number of aliphatic hydroxyl groups is 1. The summed E-state index contributed by atoms with van der Waals surface area (Å²) in [6, 6.07) is 2.04. The van der Waals surface area contributed by atoms with Crippen LogP contribution in [0.2, 0.25) is 0 Å². The molecular weight excluding hydrogens is 394 g/mol. The van der Waals surface area contributed by atoms with Crippen LogP contribution in [0.25, 0.3) is 0 Å². The van der Waals surface area contributed by atoms with Crippen molar-refractivity contribution in [3.05, 3.63) is 23.1 Å². The van der Waals surface area contributed by atoms with Gasteiger partial charge in [-0.05, 0) is 90.8 Å². The highest BCUT2D eigenvalue weighted by molar-refractivity contribution is 5.68. The molecule has 2 rings (SSSR count). The van der Waals surface area contributed by atoms with Gasteiger partial charge in [-0.3, -0.25) is 0 Å². The van der Waals surface area contributed by atoms with Crippen molar-refractivity contribution in [2.45, 2.75) is 96.5 Å². The first kappa shape index (κ1) is 24.9. The summed E-state index contributed by atoms with van der Waals surface area (Å²) in [5.41, 5.74) is 1.51. The van der Waals surface area contributed by atoms with E-state index in [4.69, 9.17) is 14.7 Å². The van der Waals surface area contributed by atoms with Crippen LogP contribution in [0.15, 0.2) is 28.1 Å². The molecule has 1 amide bonds. The highest BCUT2D eigenvalue weighted by atomic mass is 16.6. The lowest BCUT2D eigenvalue weighted by molar-refractivity contribution is 0.00815. The van der Waals surface area contributed by atoms with Gasteiger partial charge in [-0.15, -0.1) is 0 Å². The van der Waals surface area contributed by atoms with Gasteiger partial charge in [-0.2, -0.15) is 5.26 Å². The van der Waals surface area contributed by atoms with E-state index in [2.05, 4.69) is 17.8 Å². The molecule has 31 heavy (non-hydrogen) atoms. The summed E-state index contributed by atoms with van der Waals surface area (Å²) < 4.78 is 11.7. The summed E-state index contributed by atoms with van der Waals surface area (Å²) >= 11 is 0. The lowest BCUT2D eigenvalue weighted by Gasteiger charge is -2.35. The summed E-state index contributed by atoms with van der Waals surface area (Å²) in [5, 5.41) is 18.7. The molecule has 2 atom stereocenters. The number of ether oxygens (including phenoxy) is 2. The first-order chi connectivity index (χ1) is 14.6. The van der Waals surface area contributed by atoms with Crippen molar-refractivity contribution in [2.24, 2.45) is 10.9 Å². The molecule has 2 aliphatic rings. The van der Waals surface area contributed by atoms with Gasteiger partial charge >= 0.3 is 6.09 Å². The second-order valence-corrected chi connectivity index (χ2v) is 9.54. The highest BCUT2D eigenvalue weighted by Crippen LogP contribution is 2.37. The molecule has 1 saturated carbocycles. The van der Waals surface area contributed by atoms with E-state index in [1.54, 1.807) is 11.9 Å². The number of allylic oxidation sites excluding steroid dienone is 3. The van der Waals surface area contributed by atoms with Crippen LogP contribution < -0.4 is 0 Å². The van der Waals surface area contributed by atoms with Crippen molar-refractivity contribution in [1.29, 1.82) is 5.26 Å². The minimum atomic E-state index is -0.961. The molecule has 0 aromatic heterocycles. The predicted molar refractivity (Wildman–Crippen MR) is 120 cm³/mol. The van der Waals surface area contributed by atoms with E-state index in [1.165, 1.54) is 0 Å². The van der Waals surface area contributed by atoms with Crippen molar-refractivity contribution in [3.63, 3.8) is 0 Å². The van der Waals surface area contributed by atoms with Crippen LogP contribution in [0, 0.1) is 17.2 Å². The molecule has 7 heteroatoms. The van der Waals surface area contributed by atoms with Gasteiger partial charge in [0, 0.05) is 18.7 Å². The number of aliphatic hydroxyl groups excluding tert-OH is 1. The van der Waals surface area contributed by atoms with Crippen LogP contribution in [0.3, 0.4) is 0 Å². The van der Waals surface area contributed by atoms with E-state index in [0.29, 0.717) is 12.3 Å². The summed E-state index contributed by atoms with van der Waals surface area (Å²) in [7, 11) is 1.79. The molecule has 0 aromatic carbocycles. The molecule has 0 bridgehead atoms. The molecule has 7 nitrogen and oxygen atoms in total. The number of amides is 1. The van der Waals surface area contributed by atoms with Crippen LogP contribution in [0.5, 0.6) is 0 Å². The molecule has 172 valence electrons. The normalized spacial score (nSPS) is 25.6. The van der Waals surface area contributed by atoms with E-state index in [9.17, 15) is 9.90 Å². The Morgan fingerprint density at radius 1 is 1.35 bits per heavy atom. The first-order valence-corrected chi connectivity index (χ1v) is 11.1. The molecule has 2 aliphatic carbocycles. The molecule has 2 unspecified atom stereocenters. The van der Waals surface area contributed by atoms with Crippen molar-refractivity contribution in [1.82, 2.24) is 4.90 Å². The smallest absolute Gasteiger partial charge is 0.410 e. The molecule has 1 N–H and O–H groups in total. The average molecular weight is 432 g/mol. The van der Waals surface area contributed by atoms with Crippen LogP contribution in [0.4, 0.5) is 4.79 Å². The predicted octanol–water partition coefficient (Wildman–Crippen LogP) is 4.72. The SMILES string of the molecule is C=NC(OC1CCC(N(C)C(=O)OC(C)(C)C)CC1)=C(C)C1=CCCC1CC(O)C#N. The molecule has 0 spiro atoms. The zero-order valence-electron chi connectivity index (χ0n) is 19.6. The van der Waals surface area contributed by atoms with Crippen LogP contribution in [0.1, 0.15) is 72.6 Å². The van der Waals surface area contributed by atoms with E-state index < -0.39 is 11.7 Å². The highest BCUT2D eigenvalue weighted by Gasteiger charge is 2.31. The quantitative estimate of drug-likeness (QED) is 0.357. The van der Waals surface area contributed by atoms with Crippen molar-refractivity contribution in [3.8, 4) is 6.07 Å². The number of hydrogen-bond donors (Lipinski definition) is 1. The molecular formula is C24H37N3O4. The van der Waals surface area contributed by atoms with Crippen LogP contribution in [-0.2, 0) is 9.47 Å². The summed E-state index contributed by atoms with van der Waals surface area (Å²) in [6.45, 7) is 11.3. The molecule has 1 fully saturated rings. The van der Waals surface area contributed by atoms with E-state index in [-0.39, 0.29) is 24.2 Å². The Labute approximate surface area is 186 Å². The summed E-state index contributed by atoms with van der Waals surface area (Å²) in [4.78, 5) is 18.2. The zero-order chi connectivity index (χ0) is 23.2. The van der Waals surface area contributed by atoms with Gasteiger partial charge < -0.3 is 19.5 Å². The monoisotopic (exact) mass is 431 g/mol. The minimum absolute atomic E-state index is 0.0175. The Bertz CT molecular complexity index is 752. The van der Waals surface area contributed by atoms with Crippen molar-refractivity contribution in [2.75, 3.05) is 7.05 Å². The Morgan fingerprint density at radius 3 is 2.55 bits per heavy atom. The Hall–Kier alpha value is -2.33. The Morgan fingerprint density at radius 2 is 2.00 bits per heavy atom. The van der Waals surface area contributed by atoms with Gasteiger partial charge in [-0.1, -0.05) is 6.08 Å². The Kier molecular flexibility index (Phi) is 8.69. The van der Waals surface area contributed by atoms with Gasteiger partial charge in [0.15, 0.2) is 0 Å². The number of hydrogen-bond acceptors (Lipinski definition) is 6. The third-order valence-electron chi connectivity index (χ3n) is 6.02. The maximum atomic E-state index is 12.3. The molecule has 0 aromatic rings. The van der Waals surface area contributed by atoms with Gasteiger partial charge in [0.2, 0.25) is 5.88 Å². The fraction of sp³-hybridized carbons (Fsp3) is 0.708. The van der Waals surface area contributed by atoms with Gasteiger partial charge in [0.05, 0.1) is 6.07 Å². The molecule has 0 saturated heterocycles. The second kappa shape index (κ2) is 10.8. The fourth-order valence-electron chi connectivity index (χ4n) is 4.35. The largest absolute Gasteiger partial charge is 0.474 e. The zero-order valence-corrected chi connectivity index (χ0v) is 19.6. The minimum Gasteiger partial charge on any atom is -0.474 e. The van der Waals surface area contributed by atoms with Crippen LogP contribution >= 0.6 is 0 Å². The third kappa shape index (κ3) is 7.10. The maximum absolute atomic E-state index is 12.3. The van der Waals surface area contributed by atoms with E-state index >= 15 is 0 Å². The third-order valence-corrected chi connectivity index (χ3v) is 6.02. The maximum Gasteiger partial charge on any atom is 0.410 e. The first-order valence-electron chi connectivity index (χ1n) is 11.1. The average Bonchev–Trinajstić information content (AvgIpc) is 3.18. The standard InChI is InChI=1S/C24H37N3O4/c1-16(21-9-7-8-17(21)14-19(28)15-25)22(26-5)30-20-12-10-18(11-13-20)27(6)23(29)31-24(2,3)4/h9,17-20,28H,5,7-8,10-14H2,1-4,6H3. The van der Waals surface area contributed by atoms with Gasteiger partial charge in [-0.25, -0.2) is 9.79 Å². The van der Waals surface area contributed by atoms with Gasteiger partial charge in [0.25, 0.3) is 0 Å². The molecule has 0 radical (unpaired) electrons. The Balaban J connectivity index is 1.96. The second-order valence-electron chi connectivity index (χ2n) is 9.54. The lowest BCUT2D eigenvalue weighted by Crippen LogP contribution is -2.43. The molecule has 0 heterocycles. The molecule has 0 aliphatic heterocycles. The fourth-order valence-corrected chi connectivity index (χ4v) is 4.35. The number of carbonyl (C=O) groups excluding carboxylic acids is 1. The number of aliphatic imine (C=N–C) groups is 1. The lowest BCUT2D eigenvalue weighted by atomic mass is 9.90. The topological polar surface area (TPSA) is 95.2 Å². The van der Waals surface area contributed by atoms with Gasteiger partial charge in [0.1, 0.15) is 17.8 Å². The van der Waals surface area contributed by atoms with E-state index in [1.807, 2.05) is 33.8 Å². The number of carbonyl (C=O) groups is 1. The number of nitrogens with zero attached hydrogens (tertiary/aromatic N) is 3. The summed E-state index contributed by atoms with van der Waals surface area (Å²) in [6.07, 6.45) is 6.48. The summed E-state index contributed by atoms with van der Waals surface area (Å²) in [5.74, 6) is 0.654. The number of rotatable bonds is 7. The van der Waals surface area contributed by atoms with E-state index in [0.717, 1.165) is 49.7 Å². The van der Waals surface area contributed by atoms with Crippen LogP contribution in [-0.4, -0.2) is 53.7 Å². The number of nitriles is 1. The van der Waals surface area contributed by atoms with Crippen molar-refractivity contribution >= 4 is 12.8 Å².